The smallest absolute Gasteiger partial charge is 0.210 e. The summed E-state index contributed by atoms with van der Waals surface area (Å²) in [7, 11) is 0. The number of hydrogen-bond donors (Lipinski definition) is 0. The topological polar surface area (TPSA) is 33.2 Å². The first-order valence-electron chi connectivity index (χ1n) is 4.75. The highest BCUT2D eigenvalue weighted by Crippen LogP contribution is 2.32. The number of carbonyl (C=O) groups excluding carboxylic acids is 1. The average molecular weight is 245 g/mol. The van der Waals surface area contributed by atoms with Gasteiger partial charge in [0.15, 0.2) is 0 Å². The van der Waals surface area contributed by atoms with Gasteiger partial charge in [0.05, 0.1) is 6.04 Å². The van der Waals surface area contributed by atoms with E-state index in [1.165, 1.54) is 0 Å². The van der Waals surface area contributed by atoms with Crippen LogP contribution in [0.15, 0.2) is 12.1 Å². The quantitative estimate of drug-likeness (QED) is 0.592. The Morgan fingerprint density at radius 2 is 2.07 bits per heavy atom. The summed E-state index contributed by atoms with van der Waals surface area (Å²) >= 11 is 11.6. The standard InChI is InChI=1S/C10H10Cl2N2O/c11-9-4-7(5-10(12)13-9)8-2-1-3-14(8)6-15/h4-6,8H,1-3H2/t8-/m0/s1. The van der Waals surface area contributed by atoms with Crippen molar-refractivity contribution in [1.29, 1.82) is 0 Å². The Kier molecular flexibility index (Phi) is 3.12. The van der Waals surface area contributed by atoms with Crippen LogP contribution in [-0.2, 0) is 4.79 Å². The lowest BCUT2D eigenvalue weighted by Gasteiger charge is -2.20. The Morgan fingerprint density at radius 1 is 1.40 bits per heavy atom. The van der Waals surface area contributed by atoms with Crippen molar-refractivity contribution in [3.63, 3.8) is 0 Å². The molecule has 2 rings (SSSR count). The lowest BCUT2D eigenvalue weighted by Crippen LogP contribution is -2.21. The molecule has 0 radical (unpaired) electrons. The number of amides is 1. The van der Waals surface area contributed by atoms with Gasteiger partial charge in [0, 0.05) is 6.54 Å². The Morgan fingerprint density at radius 3 is 2.67 bits per heavy atom. The van der Waals surface area contributed by atoms with Crippen LogP contribution in [0.2, 0.25) is 10.3 Å². The summed E-state index contributed by atoms with van der Waals surface area (Å²) in [5, 5.41) is 0.741. The summed E-state index contributed by atoms with van der Waals surface area (Å²) in [6, 6.07) is 3.63. The van der Waals surface area contributed by atoms with Gasteiger partial charge in [-0.25, -0.2) is 4.98 Å². The van der Waals surface area contributed by atoms with E-state index in [4.69, 9.17) is 23.2 Å². The maximum atomic E-state index is 10.8. The zero-order chi connectivity index (χ0) is 10.8. The summed E-state index contributed by atoms with van der Waals surface area (Å²) < 4.78 is 0. The Balaban J connectivity index is 2.32. The number of halogens is 2. The Bertz CT molecular complexity index is 363. The summed E-state index contributed by atoms with van der Waals surface area (Å²) in [6.45, 7) is 0.797. The van der Waals surface area contributed by atoms with Gasteiger partial charge in [0.25, 0.3) is 0 Å². The number of rotatable bonds is 2. The van der Waals surface area contributed by atoms with Gasteiger partial charge < -0.3 is 4.90 Å². The fourth-order valence-electron chi connectivity index (χ4n) is 1.95. The molecule has 0 unspecified atom stereocenters. The maximum absolute atomic E-state index is 10.8. The van der Waals surface area contributed by atoms with Crippen molar-refractivity contribution in [1.82, 2.24) is 9.88 Å². The zero-order valence-corrected chi connectivity index (χ0v) is 9.50. The number of carbonyl (C=O) groups is 1. The number of nitrogens with zero attached hydrogens (tertiary/aromatic N) is 2. The van der Waals surface area contributed by atoms with E-state index < -0.39 is 0 Å². The fourth-order valence-corrected chi connectivity index (χ4v) is 2.43. The second kappa shape index (κ2) is 4.37. The molecule has 0 aliphatic carbocycles. The van der Waals surface area contributed by atoms with Crippen molar-refractivity contribution in [2.75, 3.05) is 6.54 Å². The molecule has 2 heterocycles. The predicted octanol–water partition coefficient (Wildman–Crippen LogP) is 2.68. The minimum absolute atomic E-state index is 0.0977. The molecule has 1 aliphatic rings. The lowest BCUT2D eigenvalue weighted by atomic mass is 10.1. The van der Waals surface area contributed by atoms with E-state index in [1.807, 2.05) is 0 Å². The molecule has 0 saturated carbocycles. The first kappa shape index (κ1) is 10.7. The normalized spacial score (nSPS) is 20.7. The van der Waals surface area contributed by atoms with Gasteiger partial charge in [-0.3, -0.25) is 4.79 Å². The van der Waals surface area contributed by atoms with Crippen molar-refractivity contribution in [3.05, 3.63) is 28.0 Å². The van der Waals surface area contributed by atoms with Crippen LogP contribution >= 0.6 is 23.2 Å². The number of pyridine rings is 1. The number of hydrogen-bond acceptors (Lipinski definition) is 2. The van der Waals surface area contributed by atoms with Gasteiger partial charge in [-0.15, -0.1) is 0 Å². The molecule has 1 fully saturated rings. The summed E-state index contributed by atoms with van der Waals surface area (Å²) in [5.74, 6) is 0. The second-order valence-electron chi connectivity index (χ2n) is 3.55. The SMILES string of the molecule is O=CN1CCC[C@H]1c1cc(Cl)nc(Cl)c1. The van der Waals surface area contributed by atoms with Crippen molar-refractivity contribution < 1.29 is 4.79 Å². The molecule has 80 valence electrons. The molecule has 1 aromatic heterocycles. The van der Waals surface area contributed by atoms with Gasteiger partial charge in [-0.2, -0.15) is 0 Å². The van der Waals surface area contributed by atoms with E-state index in [2.05, 4.69) is 4.98 Å². The Labute approximate surface area is 98.0 Å². The molecule has 1 aromatic rings. The van der Waals surface area contributed by atoms with Gasteiger partial charge in [0.1, 0.15) is 10.3 Å². The van der Waals surface area contributed by atoms with Gasteiger partial charge in [-0.1, -0.05) is 23.2 Å². The molecule has 1 aliphatic heterocycles. The lowest BCUT2D eigenvalue weighted by molar-refractivity contribution is -0.118. The average Bonchev–Trinajstić information content (AvgIpc) is 2.63. The molecule has 0 spiro atoms. The molecule has 3 nitrogen and oxygen atoms in total. The molecule has 1 saturated heterocycles. The van der Waals surface area contributed by atoms with E-state index in [0.717, 1.165) is 31.4 Å². The molecular formula is C10H10Cl2N2O. The van der Waals surface area contributed by atoms with Gasteiger partial charge in [-0.05, 0) is 30.5 Å². The van der Waals surface area contributed by atoms with E-state index in [0.29, 0.717) is 10.3 Å². The molecular weight excluding hydrogens is 235 g/mol. The van der Waals surface area contributed by atoms with Crippen molar-refractivity contribution >= 4 is 29.6 Å². The van der Waals surface area contributed by atoms with Crippen LogP contribution in [-0.4, -0.2) is 22.8 Å². The minimum atomic E-state index is 0.0977. The van der Waals surface area contributed by atoms with Crippen LogP contribution in [0, 0.1) is 0 Å². The van der Waals surface area contributed by atoms with Crippen LogP contribution in [0.4, 0.5) is 0 Å². The fraction of sp³-hybridized carbons (Fsp3) is 0.400. The summed E-state index contributed by atoms with van der Waals surface area (Å²) in [4.78, 5) is 16.5. The number of likely N-dealkylation sites (tertiary alicyclic amines) is 1. The van der Waals surface area contributed by atoms with Crippen LogP contribution in [0.5, 0.6) is 0 Å². The zero-order valence-electron chi connectivity index (χ0n) is 7.99. The van der Waals surface area contributed by atoms with E-state index >= 15 is 0 Å². The summed E-state index contributed by atoms with van der Waals surface area (Å²) in [5.41, 5.74) is 0.963. The van der Waals surface area contributed by atoms with Crippen LogP contribution in [0.1, 0.15) is 24.4 Å². The van der Waals surface area contributed by atoms with E-state index in [-0.39, 0.29) is 6.04 Å². The molecule has 1 amide bonds. The predicted molar refractivity (Wildman–Crippen MR) is 59.0 cm³/mol. The molecule has 1 atom stereocenters. The highest BCUT2D eigenvalue weighted by Gasteiger charge is 2.25. The third kappa shape index (κ3) is 2.24. The van der Waals surface area contributed by atoms with Crippen molar-refractivity contribution in [2.24, 2.45) is 0 Å². The Hall–Kier alpha value is -0.800. The molecule has 0 aromatic carbocycles. The highest BCUT2D eigenvalue weighted by molar-refractivity contribution is 6.32. The maximum Gasteiger partial charge on any atom is 0.210 e. The number of aromatic nitrogens is 1. The van der Waals surface area contributed by atoms with Crippen molar-refractivity contribution in [2.45, 2.75) is 18.9 Å². The van der Waals surface area contributed by atoms with Crippen LogP contribution in [0.25, 0.3) is 0 Å². The second-order valence-corrected chi connectivity index (χ2v) is 4.32. The first-order valence-corrected chi connectivity index (χ1v) is 5.50. The van der Waals surface area contributed by atoms with E-state index in [9.17, 15) is 4.79 Å². The first-order chi connectivity index (χ1) is 7.20. The third-order valence-electron chi connectivity index (χ3n) is 2.60. The molecule has 0 bridgehead atoms. The molecule has 5 heteroatoms. The van der Waals surface area contributed by atoms with Gasteiger partial charge >= 0.3 is 0 Å². The van der Waals surface area contributed by atoms with Gasteiger partial charge in [0.2, 0.25) is 6.41 Å². The molecule has 15 heavy (non-hydrogen) atoms. The third-order valence-corrected chi connectivity index (χ3v) is 2.99. The largest absolute Gasteiger partial charge is 0.338 e. The highest BCUT2D eigenvalue weighted by atomic mass is 35.5. The van der Waals surface area contributed by atoms with Crippen LogP contribution < -0.4 is 0 Å². The summed E-state index contributed by atoms with van der Waals surface area (Å²) in [6.07, 6.45) is 2.84. The molecule has 0 N–H and O–H groups in total. The van der Waals surface area contributed by atoms with E-state index in [1.54, 1.807) is 17.0 Å². The monoisotopic (exact) mass is 244 g/mol. The van der Waals surface area contributed by atoms with Crippen molar-refractivity contribution in [3.8, 4) is 0 Å². The van der Waals surface area contributed by atoms with Crippen LogP contribution in [0.3, 0.4) is 0 Å². The minimum Gasteiger partial charge on any atom is -0.338 e.